The second-order valence-corrected chi connectivity index (χ2v) is 4.14. The molecule has 0 spiro atoms. The fourth-order valence-corrected chi connectivity index (χ4v) is 2.04. The maximum absolute atomic E-state index is 11.7. The quantitative estimate of drug-likeness (QED) is 0.748. The Labute approximate surface area is 101 Å². The Bertz CT molecular complexity index is 290. The van der Waals surface area contributed by atoms with E-state index in [0.29, 0.717) is 13.0 Å². The third-order valence-electron chi connectivity index (χ3n) is 2.88. The van der Waals surface area contributed by atoms with Crippen LogP contribution in [-0.2, 0) is 9.53 Å². The van der Waals surface area contributed by atoms with Crippen molar-refractivity contribution in [1.82, 2.24) is 4.90 Å². The lowest BCUT2D eigenvalue weighted by Gasteiger charge is -2.34. The van der Waals surface area contributed by atoms with Gasteiger partial charge in [0.1, 0.15) is 6.61 Å². The van der Waals surface area contributed by atoms with E-state index >= 15 is 0 Å². The lowest BCUT2D eigenvalue weighted by atomic mass is 9.98. The summed E-state index contributed by atoms with van der Waals surface area (Å²) in [5, 5.41) is 8.66. The molecule has 1 aliphatic heterocycles. The lowest BCUT2D eigenvalue weighted by Crippen LogP contribution is -2.44. The maximum atomic E-state index is 11.7. The van der Waals surface area contributed by atoms with Crippen LogP contribution < -0.4 is 0 Å². The van der Waals surface area contributed by atoms with Gasteiger partial charge in [0.25, 0.3) is 0 Å². The fourth-order valence-electron chi connectivity index (χ4n) is 2.04. The average Bonchev–Trinajstić information content (AvgIpc) is 2.33. The number of hydrogen-bond acceptors (Lipinski definition) is 3. The Kier molecular flexibility index (Phi) is 5.52. The van der Waals surface area contributed by atoms with Crippen molar-refractivity contribution in [3.63, 3.8) is 0 Å². The van der Waals surface area contributed by atoms with Crippen LogP contribution in [0.2, 0.25) is 0 Å². The number of amides is 1. The highest BCUT2D eigenvalue weighted by atomic mass is 16.6. The summed E-state index contributed by atoms with van der Waals surface area (Å²) in [4.78, 5) is 23.9. The number of piperidine rings is 1. The zero-order chi connectivity index (χ0) is 12.7. The highest BCUT2D eigenvalue weighted by Gasteiger charge is 2.27. The van der Waals surface area contributed by atoms with Gasteiger partial charge in [-0.15, -0.1) is 0 Å². The Morgan fingerprint density at radius 3 is 2.88 bits per heavy atom. The summed E-state index contributed by atoms with van der Waals surface area (Å²) >= 11 is 0. The van der Waals surface area contributed by atoms with Crippen molar-refractivity contribution in [2.75, 3.05) is 13.2 Å². The molecule has 17 heavy (non-hydrogen) atoms. The summed E-state index contributed by atoms with van der Waals surface area (Å²) in [6.07, 6.45) is 4.60. The normalized spacial score (nSPS) is 19.8. The summed E-state index contributed by atoms with van der Waals surface area (Å²) in [7, 11) is 0. The van der Waals surface area contributed by atoms with Crippen molar-refractivity contribution in [2.45, 2.75) is 38.1 Å². The molecule has 0 bridgehead atoms. The number of carboxylic acids is 1. The number of carboxylic acid groups (broad SMARTS) is 1. The molecule has 1 aliphatic rings. The molecule has 0 saturated carbocycles. The van der Waals surface area contributed by atoms with Crippen LogP contribution in [0.1, 0.15) is 32.1 Å². The van der Waals surface area contributed by atoms with Gasteiger partial charge in [-0.2, -0.15) is 0 Å². The van der Waals surface area contributed by atoms with Crippen molar-refractivity contribution in [1.29, 1.82) is 0 Å². The molecule has 1 fully saturated rings. The summed E-state index contributed by atoms with van der Waals surface area (Å²) < 4.78 is 4.99. The molecule has 0 aromatic carbocycles. The van der Waals surface area contributed by atoms with E-state index in [1.54, 1.807) is 4.90 Å². The third-order valence-corrected chi connectivity index (χ3v) is 2.88. The van der Waals surface area contributed by atoms with Crippen LogP contribution in [0, 0.1) is 0 Å². The predicted molar refractivity (Wildman–Crippen MR) is 62.8 cm³/mol. The first kappa shape index (κ1) is 13.5. The smallest absolute Gasteiger partial charge is 0.410 e. The molecule has 0 radical (unpaired) electrons. The SMILES string of the molecule is C=CCOC(=O)N1CCCC[C@@H]1CCC(=O)O. The van der Waals surface area contributed by atoms with Gasteiger partial charge in [-0.1, -0.05) is 12.7 Å². The molecule has 0 aromatic heterocycles. The van der Waals surface area contributed by atoms with E-state index in [4.69, 9.17) is 9.84 Å². The van der Waals surface area contributed by atoms with Crippen LogP contribution in [0.5, 0.6) is 0 Å². The molecule has 1 rings (SSSR count). The molecule has 1 saturated heterocycles. The summed E-state index contributed by atoms with van der Waals surface area (Å²) in [6.45, 7) is 4.33. The minimum Gasteiger partial charge on any atom is -0.481 e. The molecule has 5 heteroatoms. The second-order valence-electron chi connectivity index (χ2n) is 4.14. The zero-order valence-corrected chi connectivity index (χ0v) is 9.93. The number of nitrogens with zero attached hydrogens (tertiary/aromatic N) is 1. The molecule has 1 atom stereocenters. The fraction of sp³-hybridized carbons (Fsp3) is 0.667. The van der Waals surface area contributed by atoms with E-state index in [-0.39, 0.29) is 25.2 Å². The van der Waals surface area contributed by atoms with E-state index in [0.717, 1.165) is 19.3 Å². The molecular weight excluding hydrogens is 222 g/mol. The van der Waals surface area contributed by atoms with Crippen molar-refractivity contribution >= 4 is 12.1 Å². The van der Waals surface area contributed by atoms with Crippen LogP contribution in [0.25, 0.3) is 0 Å². The molecule has 1 amide bonds. The molecule has 0 aliphatic carbocycles. The number of aliphatic carboxylic acids is 1. The van der Waals surface area contributed by atoms with E-state index in [2.05, 4.69) is 6.58 Å². The van der Waals surface area contributed by atoms with Crippen LogP contribution in [0.15, 0.2) is 12.7 Å². The van der Waals surface area contributed by atoms with Gasteiger partial charge in [0.05, 0.1) is 0 Å². The van der Waals surface area contributed by atoms with Gasteiger partial charge in [0.2, 0.25) is 0 Å². The highest BCUT2D eigenvalue weighted by Crippen LogP contribution is 2.21. The average molecular weight is 241 g/mol. The number of ether oxygens (including phenoxy) is 1. The number of hydrogen-bond donors (Lipinski definition) is 1. The van der Waals surface area contributed by atoms with Crippen molar-refractivity contribution < 1.29 is 19.4 Å². The van der Waals surface area contributed by atoms with Crippen LogP contribution in [0.3, 0.4) is 0 Å². The second kappa shape index (κ2) is 6.93. The molecule has 1 heterocycles. The van der Waals surface area contributed by atoms with E-state index in [9.17, 15) is 9.59 Å². The molecule has 5 nitrogen and oxygen atoms in total. The zero-order valence-electron chi connectivity index (χ0n) is 9.93. The minimum atomic E-state index is -0.824. The summed E-state index contributed by atoms with van der Waals surface area (Å²) in [5.74, 6) is -0.824. The molecule has 1 N–H and O–H groups in total. The van der Waals surface area contributed by atoms with E-state index in [1.165, 1.54) is 6.08 Å². The molecule has 0 unspecified atom stereocenters. The van der Waals surface area contributed by atoms with Crippen LogP contribution >= 0.6 is 0 Å². The van der Waals surface area contributed by atoms with Gasteiger partial charge in [-0.05, 0) is 25.7 Å². The largest absolute Gasteiger partial charge is 0.481 e. The van der Waals surface area contributed by atoms with Gasteiger partial charge in [0.15, 0.2) is 0 Å². The molecule has 96 valence electrons. The van der Waals surface area contributed by atoms with Crippen molar-refractivity contribution in [3.8, 4) is 0 Å². The summed E-state index contributed by atoms with van der Waals surface area (Å²) in [6, 6.07) is -0.00262. The van der Waals surface area contributed by atoms with Gasteiger partial charge >= 0.3 is 12.1 Å². The standard InChI is InChI=1S/C12H19NO4/c1-2-9-17-12(16)13-8-4-3-5-10(13)6-7-11(14)15/h2,10H,1,3-9H2,(H,14,15)/t10-/m1/s1. The maximum Gasteiger partial charge on any atom is 0.410 e. The molecular formula is C12H19NO4. The minimum absolute atomic E-state index is 0.00262. The first-order chi connectivity index (χ1) is 8.15. The molecule has 0 aromatic rings. The number of rotatable bonds is 5. The van der Waals surface area contributed by atoms with Gasteiger partial charge in [-0.3, -0.25) is 4.79 Å². The Hall–Kier alpha value is -1.52. The topological polar surface area (TPSA) is 66.8 Å². The van der Waals surface area contributed by atoms with Crippen molar-refractivity contribution in [2.24, 2.45) is 0 Å². The number of carbonyl (C=O) groups is 2. The van der Waals surface area contributed by atoms with Crippen molar-refractivity contribution in [3.05, 3.63) is 12.7 Å². The van der Waals surface area contributed by atoms with Gasteiger partial charge in [0, 0.05) is 19.0 Å². The van der Waals surface area contributed by atoms with E-state index < -0.39 is 5.97 Å². The Morgan fingerprint density at radius 1 is 1.47 bits per heavy atom. The lowest BCUT2D eigenvalue weighted by molar-refractivity contribution is -0.137. The third kappa shape index (κ3) is 4.46. The predicted octanol–water partition coefficient (Wildman–Crippen LogP) is 2.03. The number of likely N-dealkylation sites (tertiary alicyclic amines) is 1. The highest BCUT2D eigenvalue weighted by molar-refractivity contribution is 5.69. The van der Waals surface area contributed by atoms with Crippen LogP contribution in [0.4, 0.5) is 4.79 Å². The van der Waals surface area contributed by atoms with Gasteiger partial charge < -0.3 is 14.7 Å². The first-order valence-corrected chi connectivity index (χ1v) is 5.91. The Balaban J connectivity index is 2.49. The summed E-state index contributed by atoms with van der Waals surface area (Å²) in [5.41, 5.74) is 0. The monoisotopic (exact) mass is 241 g/mol. The Morgan fingerprint density at radius 2 is 2.24 bits per heavy atom. The van der Waals surface area contributed by atoms with Gasteiger partial charge in [-0.25, -0.2) is 4.79 Å². The first-order valence-electron chi connectivity index (χ1n) is 5.91. The van der Waals surface area contributed by atoms with Crippen LogP contribution in [-0.4, -0.2) is 41.3 Å². The number of carbonyl (C=O) groups excluding carboxylic acids is 1. The van der Waals surface area contributed by atoms with E-state index in [1.807, 2.05) is 0 Å².